The molecule has 0 atom stereocenters. The van der Waals surface area contributed by atoms with Gasteiger partial charge in [0.05, 0.1) is 54.4 Å². The van der Waals surface area contributed by atoms with Gasteiger partial charge in [-0.3, -0.25) is 14.6 Å². The maximum Gasteiger partial charge on any atom is 0.416 e. The lowest BCUT2D eigenvalue weighted by Crippen LogP contribution is -2.36. The lowest BCUT2D eigenvalue weighted by atomic mass is 10.0. The van der Waals surface area contributed by atoms with Crippen molar-refractivity contribution in [2.45, 2.75) is 19.1 Å². The highest BCUT2D eigenvalue weighted by molar-refractivity contribution is 7.10. The maximum absolute atomic E-state index is 13.6. The molecule has 2 aliphatic rings. The number of nitrogens with zero attached hydrogens (tertiary/aromatic N) is 5. The Kier molecular flexibility index (Phi) is 6.47. The van der Waals surface area contributed by atoms with Crippen LogP contribution in [0.2, 0.25) is 0 Å². The van der Waals surface area contributed by atoms with E-state index in [-0.39, 0.29) is 11.6 Å². The van der Waals surface area contributed by atoms with Gasteiger partial charge in [-0.2, -0.15) is 18.3 Å². The van der Waals surface area contributed by atoms with Gasteiger partial charge in [-0.15, -0.1) is 11.3 Å². The third kappa shape index (κ3) is 4.94. The lowest BCUT2D eigenvalue weighted by molar-refractivity contribution is -0.137. The molecule has 13 heteroatoms. The first-order chi connectivity index (χ1) is 18.8. The molecule has 5 heterocycles. The summed E-state index contributed by atoms with van der Waals surface area (Å²) in [6, 6.07) is 3.61. The van der Waals surface area contributed by atoms with Crippen molar-refractivity contribution in [2.75, 3.05) is 43.1 Å². The lowest BCUT2D eigenvalue weighted by Gasteiger charge is -2.30. The van der Waals surface area contributed by atoms with Gasteiger partial charge in [0, 0.05) is 53.7 Å². The monoisotopic (exact) mass is 556 g/mol. The van der Waals surface area contributed by atoms with Crippen LogP contribution in [0.15, 0.2) is 48.4 Å². The van der Waals surface area contributed by atoms with Crippen molar-refractivity contribution in [2.24, 2.45) is 0 Å². The molecule has 0 spiro atoms. The number of anilines is 2. The first kappa shape index (κ1) is 25.3. The second kappa shape index (κ2) is 9.97. The Morgan fingerprint density at radius 2 is 1.87 bits per heavy atom. The van der Waals surface area contributed by atoms with E-state index in [1.807, 2.05) is 4.90 Å². The number of carbonyl (C=O) groups excluding carboxylic acids is 2. The van der Waals surface area contributed by atoms with Crippen molar-refractivity contribution < 1.29 is 27.5 Å². The molecule has 1 aromatic carbocycles. The van der Waals surface area contributed by atoms with Crippen molar-refractivity contribution in [3.05, 3.63) is 75.5 Å². The molecule has 9 nitrogen and oxygen atoms in total. The highest BCUT2D eigenvalue weighted by Gasteiger charge is 2.33. The smallest absolute Gasteiger partial charge is 0.378 e. The molecule has 4 aromatic rings. The Hall–Kier alpha value is -3.97. The van der Waals surface area contributed by atoms with Crippen molar-refractivity contribution in [1.82, 2.24) is 19.5 Å². The van der Waals surface area contributed by atoms with Crippen molar-refractivity contribution in [3.63, 3.8) is 0 Å². The van der Waals surface area contributed by atoms with E-state index in [4.69, 9.17) is 4.74 Å². The number of fused-ring (bicyclic) bond motifs is 2. The number of ether oxygens (including phenoxy) is 1. The molecular formula is C26H23F3N6O3S. The van der Waals surface area contributed by atoms with E-state index in [2.05, 4.69) is 15.4 Å². The van der Waals surface area contributed by atoms with Gasteiger partial charge in [0.15, 0.2) is 0 Å². The average molecular weight is 557 g/mol. The second-order valence-corrected chi connectivity index (χ2v) is 10.3. The van der Waals surface area contributed by atoms with Gasteiger partial charge in [-0.1, -0.05) is 0 Å². The second-order valence-electron chi connectivity index (χ2n) is 9.31. The van der Waals surface area contributed by atoms with Crippen molar-refractivity contribution >= 4 is 40.0 Å². The molecule has 0 bridgehead atoms. The molecule has 0 aliphatic carbocycles. The fourth-order valence-electron chi connectivity index (χ4n) is 4.91. The van der Waals surface area contributed by atoms with Crippen molar-refractivity contribution in [1.29, 1.82) is 0 Å². The number of thiophene rings is 1. The summed E-state index contributed by atoms with van der Waals surface area (Å²) >= 11 is 1.36. The van der Waals surface area contributed by atoms with E-state index in [1.54, 1.807) is 39.5 Å². The summed E-state index contributed by atoms with van der Waals surface area (Å²) in [5.41, 5.74) is 1.90. The molecule has 6 rings (SSSR count). The summed E-state index contributed by atoms with van der Waals surface area (Å²) < 4.78 is 47.8. The van der Waals surface area contributed by atoms with E-state index >= 15 is 0 Å². The van der Waals surface area contributed by atoms with Crippen LogP contribution in [-0.4, -0.2) is 64.2 Å². The zero-order valence-corrected chi connectivity index (χ0v) is 21.4. The minimum atomic E-state index is -4.56. The van der Waals surface area contributed by atoms with Crippen LogP contribution in [0.25, 0.3) is 5.52 Å². The number of carbonyl (C=O) groups is 2. The molecule has 39 heavy (non-hydrogen) atoms. The van der Waals surface area contributed by atoms with E-state index in [0.29, 0.717) is 68.1 Å². The Labute approximate surface area is 224 Å². The summed E-state index contributed by atoms with van der Waals surface area (Å²) in [4.78, 5) is 34.9. The van der Waals surface area contributed by atoms with Crippen LogP contribution in [0.4, 0.5) is 24.5 Å². The van der Waals surface area contributed by atoms with Crippen LogP contribution >= 0.6 is 11.3 Å². The first-order valence-electron chi connectivity index (χ1n) is 12.3. The molecule has 3 aromatic heterocycles. The van der Waals surface area contributed by atoms with Crippen molar-refractivity contribution in [3.8, 4) is 0 Å². The highest BCUT2D eigenvalue weighted by Crippen LogP contribution is 2.36. The number of amides is 2. The molecule has 202 valence electrons. The predicted octanol–water partition coefficient (Wildman–Crippen LogP) is 4.10. The molecule has 0 radical (unpaired) electrons. The first-order valence-corrected chi connectivity index (χ1v) is 13.2. The number of rotatable bonds is 4. The summed E-state index contributed by atoms with van der Waals surface area (Å²) in [7, 11) is 0. The minimum Gasteiger partial charge on any atom is -0.378 e. The van der Waals surface area contributed by atoms with Gasteiger partial charge in [0.1, 0.15) is 0 Å². The fourth-order valence-corrected chi connectivity index (χ4v) is 6.01. The van der Waals surface area contributed by atoms with E-state index < -0.39 is 17.6 Å². The quantitative estimate of drug-likeness (QED) is 0.407. The molecule has 1 saturated heterocycles. The van der Waals surface area contributed by atoms with Crippen LogP contribution in [0, 0.1) is 0 Å². The zero-order chi connectivity index (χ0) is 27.1. The Morgan fingerprint density at radius 3 is 2.67 bits per heavy atom. The number of benzene rings is 1. The number of hydrogen-bond donors (Lipinski definition) is 1. The van der Waals surface area contributed by atoms with Crippen LogP contribution in [0.1, 0.15) is 36.7 Å². The SMILES string of the molecule is O=C(Nc1cc(N2CCOCC2)cc(C(F)(F)F)c1)c1csc2c1CCN(C(=O)c1cnn3ccncc13)C2. The number of alkyl halides is 3. The molecule has 2 amide bonds. The predicted molar refractivity (Wildman–Crippen MR) is 138 cm³/mol. The van der Waals surface area contributed by atoms with E-state index in [0.717, 1.165) is 22.6 Å². The number of hydrogen-bond acceptors (Lipinski definition) is 7. The molecule has 0 unspecified atom stereocenters. The summed E-state index contributed by atoms with van der Waals surface area (Å²) in [5, 5.41) is 8.57. The normalized spacial score (nSPS) is 15.9. The number of aromatic nitrogens is 3. The van der Waals surface area contributed by atoms with Crippen LogP contribution in [0.3, 0.4) is 0 Å². The Bertz CT molecular complexity index is 1560. The van der Waals surface area contributed by atoms with Crippen LogP contribution in [-0.2, 0) is 23.9 Å². The third-order valence-corrected chi connectivity index (χ3v) is 7.93. The average Bonchev–Trinajstić information content (AvgIpc) is 3.57. The topological polar surface area (TPSA) is 92.1 Å². The van der Waals surface area contributed by atoms with Gasteiger partial charge >= 0.3 is 6.18 Å². The summed E-state index contributed by atoms with van der Waals surface area (Å²) in [6.07, 6.45) is 2.24. The minimum absolute atomic E-state index is 0.0746. The standard InChI is InChI=1S/C26H23F3N6O3S/c27-26(28,29)16-9-17(11-18(10-16)33-5-7-38-8-6-33)32-24(36)21-15-39-23-14-34(3-1-19(21)23)25(37)20-12-31-35-4-2-30-13-22(20)35/h2,4,9-13,15H,1,3,5-8,14H2,(H,32,36). The van der Waals surface area contributed by atoms with Gasteiger partial charge in [-0.25, -0.2) is 4.52 Å². The highest BCUT2D eigenvalue weighted by atomic mass is 32.1. The number of morpholine rings is 1. The van der Waals surface area contributed by atoms with Gasteiger partial charge in [0.2, 0.25) is 0 Å². The molecule has 0 saturated carbocycles. The number of halogens is 3. The summed E-state index contributed by atoms with van der Waals surface area (Å²) in [5.74, 6) is -0.657. The zero-order valence-electron chi connectivity index (χ0n) is 20.6. The van der Waals surface area contributed by atoms with Crippen LogP contribution < -0.4 is 10.2 Å². The summed E-state index contributed by atoms with van der Waals surface area (Å²) in [6.45, 7) is 2.50. The Balaban J connectivity index is 1.21. The molecular weight excluding hydrogens is 533 g/mol. The maximum atomic E-state index is 13.6. The number of nitrogens with one attached hydrogen (secondary N) is 1. The van der Waals surface area contributed by atoms with Gasteiger partial charge in [-0.05, 0) is 30.2 Å². The largest absolute Gasteiger partial charge is 0.416 e. The van der Waals surface area contributed by atoms with Gasteiger partial charge < -0.3 is 19.9 Å². The fraction of sp³-hybridized carbons (Fsp3) is 0.308. The van der Waals surface area contributed by atoms with E-state index in [9.17, 15) is 22.8 Å². The molecule has 1 fully saturated rings. The van der Waals surface area contributed by atoms with E-state index in [1.165, 1.54) is 17.5 Å². The molecule has 1 N–H and O–H groups in total. The van der Waals surface area contributed by atoms with Crippen LogP contribution in [0.5, 0.6) is 0 Å². The Morgan fingerprint density at radius 1 is 1.05 bits per heavy atom. The third-order valence-electron chi connectivity index (χ3n) is 6.91. The molecule has 2 aliphatic heterocycles. The van der Waals surface area contributed by atoms with Gasteiger partial charge in [0.25, 0.3) is 11.8 Å².